The van der Waals surface area contributed by atoms with Gasteiger partial charge in [-0.1, -0.05) is 22.0 Å². The molecule has 0 aliphatic rings. The number of aromatic hydroxyl groups is 1. The third-order valence-electron chi connectivity index (χ3n) is 2.39. The van der Waals surface area contributed by atoms with Crippen LogP contribution in [0.5, 0.6) is 5.75 Å². The van der Waals surface area contributed by atoms with Crippen LogP contribution < -0.4 is 5.32 Å². The number of benzene rings is 1. The molecule has 1 rings (SSSR count). The zero-order chi connectivity index (χ0) is 12.3. The Morgan fingerprint density at radius 3 is 2.56 bits per heavy atom. The summed E-state index contributed by atoms with van der Waals surface area (Å²) >= 11 is 6.73. The average molecular weight is 349 g/mol. The number of rotatable bonds is 4. The second kappa shape index (κ2) is 5.84. The van der Waals surface area contributed by atoms with E-state index in [4.69, 9.17) is 0 Å². The molecule has 0 aliphatic carbocycles. The van der Waals surface area contributed by atoms with Crippen molar-refractivity contribution in [1.29, 1.82) is 0 Å². The van der Waals surface area contributed by atoms with E-state index in [9.17, 15) is 5.11 Å². The second-order valence-corrected chi connectivity index (χ2v) is 5.51. The van der Waals surface area contributed by atoms with Crippen molar-refractivity contribution in [1.82, 2.24) is 5.32 Å². The molecule has 2 nitrogen and oxygen atoms in total. The fourth-order valence-electron chi connectivity index (χ4n) is 1.47. The minimum Gasteiger partial charge on any atom is -0.506 e. The molecule has 0 bridgehead atoms. The van der Waals surface area contributed by atoms with Gasteiger partial charge >= 0.3 is 0 Å². The van der Waals surface area contributed by atoms with Crippen LogP contribution in [-0.4, -0.2) is 11.1 Å². The normalized spacial score (nSPS) is 14.5. The van der Waals surface area contributed by atoms with Crippen LogP contribution in [0.25, 0.3) is 0 Å². The quantitative estimate of drug-likeness (QED) is 0.801. The van der Waals surface area contributed by atoms with E-state index < -0.39 is 0 Å². The van der Waals surface area contributed by atoms with Crippen LogP contribution in [0.3, 0.4) is 0 Å². The van der Waals surface area contributed by atoms with Crippen LogP contribution in [0.2, 0.25) is 0 Å². The van der Waals surface area contributed by atoms with Gasteiger partial charge < -0.3 is 10.4 Å². The highest BCUT2D eigenvalue weighted by atomic mass is 79.9. The zero-order valence-electron chi connectivity index (χ0n) is 9.30. The van der Waals surface area contributed by atoms with E-state index in [2.05, 4.69) is 43.8 Å². The molecule has 0 aliphatic heterocycles. The summed E-state index contributed by atoms with van der Waals surface area (Å²) < 4.78 is 1.63. The SMILES string of the molecule is C=CC(C)NC(C)c1cc(Br)cc(Br)c1O. The van der Waals surface area contributed by atoms with Crippen molar-refractivity contribution in [3.05, 3.63) is 39.3 Å². The highest BCUT2D eigenvalue weighted by Crippen LogP contribution is 2.35. The van der Waals surface area contributed by atoms with Gasteiger partial charge in [0.1, 0.15) is 5.75 Å². The summed E-state index contributed by atoms with van der Waals surface area (Å²) in [4.78, 5) is 0. The molecule has 16 heavy (non-hydrogen) atoms. The highest BCUT2D eigenvalue weighted by molar-refractivity contribution is 9.11. The van der Waals surface area contributed by atoms with Crippen molar-refractivity contribution in [2.24, 2.45) is 0 Å². The minimum absolute atomic E-state index is 0.0572. The van der Waals surface area contributed by atoms with E-state index in [0.717, 1.165) is 10.0 Å². The van der Waals surface area contributed by atoms with Crippen molar-refractivity contribution in [3.63, 3.8) is 0 Å². The lowest BCUT2D eigenvalue weighted by Gasteiger charge is -2.19. The molecule has 2 atom stereocenters. The number of phenols is 1. The number of halogens is 2. The van der Waals surface area contributed by atoms with E-state index in [1.54, 1.807) is 0 Å². The van der Waals surface area contributed by atoms with Gasteiger partial charge in [0.2, 0.25) is 0 Å². The van der Waals surface area contributed by atoms with Crippen LogP contribution in [-0.2, 0) is 0 Å². The molecule has 0 fully saturated rings. The van der Waals surface area contributed by atoms with E-state index in [1.165, 1.54) is 0 Å². The summed E-state index contributed by atoms with van der Waals surface area (Å²) in [6.07, 6.45) is 1.83. The van der Waals surface area contributed by atoms with Gasteiger partial charge in [0.05, 0.1) is 4.47 Å². The maximum absolute atomic E-state index is 9.94. The van der Waals surface area contributed by atoms with Gasteiger partial charge in [0.15, 0.2) is 0 Å². The maximum atomic E-state index is 9.94. The summed E-state index contributed by atoms with van der Waals surface area (Å²) in [6, 6.07) is 3.99. The molecule has 0 amide bonds. The molecule has 0 aromatic heterocycles. The lowest BCUT2D eigenvalue weighted by molar-refractivity contribution is 0.444. The van der Waals surface area contributed by atoms with Crippen LogP contribution in [0.4, 0.5) is 0 Å². The first kappa shape index (κ1) is 13.7. The number of phenolic OH excluding ortho intramolecular Hbond substituents is 1. The van der Waals surface area contributed by atoms with Crippen molar-refractivity contribution < 1.29 is 5.11 Å². The fourth-order valence-corrected chi connectivity index (χ4v) is 2.73. The number of hydrogen-bond acceptors (Lipinski definition) is 2. The van der Waals surface area contributed by atoms with Crippen LogP contribution >= 0.6 is 31.9 Å². The standard InChI is InChI=1S/C12H15Br2NO/c1-4-7(2)15-8(3)10-5-9(13)6-11(14)12(10)16/h4-8,15-16H,1H2,2-3H3. The van der Waals surface area contributed by atoms with Gasteiger partial charge in [-0.15, -0.1) is 6.58 Å². The Morgan fingerprint density at radius 2 is 2.00 bits per heavy atom. The van der Waals surface area contributed by atoms with Crippen molar-refractivity contribution in [2.45, 2.75) is 25.9 Å². The van der Waals surface area contributed by atoms with Gasteiger partial charge in [-0.25, -0.2) is 0 Å². The molecule has 0 saturated carbocycles. The molecule has 88 valence electrons. The van der Waals surface area contributed by atoms with Gasteiger partial charge in [0.25, 0.3) is 0 Å². The second-order valence-electron chi connectivity index (χ2n) is 3.74. The first-order valence-corrected chi connectivity index (χ1v) is 6.60. The summed E-state index contributed by atoms with van der Waals surface area (Å²) in [6.45, 7) is 7.75. The molecule has 1 aromatic carbocycles. The zero-order valence-corrected chi connectivity index (χ0v) is 12.5. The molecule has 0 spiro atoms. The Bertz CT molecular complexity index is 393. The predicted molar refractivity (Wildman–Crippen MR) is 74.7 cm³/mol. The maximum Gasteiger partial charge on any atom is 0.134 e. The number of nitrogens with one attached hydrogen (secondary N) is 1. The lowest BCUT2D eigenvalue weighted by Crippen LogP contribution is -2.27. The smallest absolute Gasteiger partial charge is 0.134 e. The van der Waals surface area contributed by atoms with Crippen LogP contribution in [0, 0.1) is 0 Å². The Kier molecular flexibility index (Phi) is 5.02. The van der Waals surface area contributed by atoms with Gasteiger partial charge in [-0.2, -0.15) is 0 Å². The molecule has 1 aromatic rings. The van der Waals surface area contributed by atoms with Gasteiger partial charge in [0, 0.05) is 22.1 Å². The largest absolute Gasteiger partial charge is 0.506 e. The summed E-state index contributed by atoms with van der Waals surface area (Å²) in [7, 11) is 0. The Hall–Kier alpha value is -0.320. The van der Waals surface area contributed by atoms with Gasteiger partial charge in [-0.05, 0) is 41.9 Å². The average Bonchev–Trinajstić information content (AvgIpc) is 2.22. The van der Waals surface area contributed by atoms with Crippen molar-refractivity contribution in [3.8, 4) is 5.75 Å². The molecular formula is C12H15Br2NO. The Labute approximate surface area is 113 Å². The molecule has 2 unspecified atom stereocenters. The highest BCUT2D eigenvalue weighted by Gasteiger charge is 2.14. The Morgan fingerprint density at radius 1 is 1.38 bits per heavy atom. The van der Waals surface area contributed by atoms with Gasteiger partial charge in [-0.3, -0.25) is 0 Å². The third-order valence-corrected chi connectivity index (χ3v) is 3.45. The number of hydrogen-bond donors (Lipinski definition) is 2. The monoisotopic (exact) mass is 347 g/mol. The molecular weight excluding hydrogens is 334 g/mol. The van der Waals surface area contributed by atoms with E-state index >= 15 is 0 Å². The van der Waals surface area contributed by atoms with Crippen molar-refractivity contribution >= 4 is 31.9 Å². The Balaban J connectivity index is 2.98. The van der Waals surface area contributed by atoms with E-state index in [-0.39, 0.29) is 17.8 Å². The predicted octanol–water partition coefficient (Wildman–Crippen LogP) is 4.14. The van der Waals surface area contributed by atoms with E-state index in [0.29, 0.717) is 4.47 Å². The lowest BCUT2D eigenvalue weighted by atomic mass is 10.1. The minimum atomic E-state index is 0.0572. The first-order chi connectivity index (χ1) is 7.45. The van der Waals surface area contributed by atoms with Crippen LogP contribution in [0.15, 0.2) is 33.7 Å². The van der Waals surface area contributed by atoms with E-state index in [1.807, 2.05) is 32.1 Å². The summed E-state index contributed by atoms with van der Waals surface area (Å²) in [5.74, 6) is 0.277. The molecule has 4 heteroatoms. The molecule has 0 saturated heterocycles. The molecule has 0 heterocycles. The van der Waals surface area contributed by atoms with Crippen molar-refractivity contribution in [2.75, 3.05) is 0 Å². The molecule has 2 N–H and O–H groups in total. The topological polar surface area (TPSA) is 32.3 Å². The molecule has 0 radical (unpaired) electrons. The first-order valence-electron chi connectivity index (χ1n) is 5.02. The van der Waals surface area contributed by atoms with Crippen LogP contribution in [0.1, 0.15) is 25.5 Å². The third kappa shape index (κ3) is 3.34. The summed E-state index contributed by atoms with van der Waals surface area (Å²) in [5, 5.41) is 13.3. The fraction of sp³-hybridized carbons (Fsp3) is 0.333. The summed E-state index contributed by atoms with van der Waals surface area (Å²) in [5.41, 5.74) is 0.856.